The fourth-order valence-corrected chi connectivity index (χ4v) is 1.56. The van der Waals surface area contributed by atoms with Crippen molar-refractivity contribution in [2.75, 3.05) is 6.61 Å². The second-order valence-electron chi connectivity index (χ2n) is 3.97. The van der Waals surface area contributed by atoms with Gasteiger partial charge in [0.05, 0.1) is 4.92 Å². The summed E-state index contributed by atoms with van der Waals surface area (Å²) in [6, 6.07) is 10.6. The number of rotatable bonds is 5. The van der Waals surface area contributed by atoms with Crippen molar-refractivity contribution < 1.29 is 18.8 Å². The summed E-state index contributed by atoms with van der Waals surface area (Å²) in [4.78, 5) is 21.9. The number of halogens is 1. The van der Waals surface area contributed by atoms with Crippen LogP contribution in [-0.2, 0) is 0 Å². The minimum absolute atomic E-state index is 0.155. The van der Waals surface area contributed by atoms with Crippen molar-refractivity contribution in [2.45, 2.75) is 0 Å². The van der Waals surface area contributed by atoms with E-state index in [-0.39, 0.29) is 17.9 Å². The van der Waals surface area contributed by atoms with Crippen LogP contribution in [-0.4, -0.2) is 17.3 Å². The summed E-state index contributed by atoms with van der Waals surface area (Å²) < 4.78 is 17.9. The van der Waals surface area contributed by atoms with Crippen molar-refractivity contribution in [2.24, 2.45) is 0 Å². The van der Waals surface area contributed by atoms with Gasteiger partial charge in [0.15, 0.2) is 12.4 Å². The Kier molecular flexibility index (Phi) is 4.05. The third-order valence-corrected chi connectivity index (χ3v) is 2.56. The van der Waals surface area contributed by atoms with Crippen LogP contribution in [0.5, 0.6) is 5.75 Å². The van der Waals surface area contributed by atoms with Gasteiger partial charge < -0.3 is 4.74 Å². The van der Waals surface area contributed by atoms with Gasteiger partial charge in [0.2, 0.25) is 0 Å². The highest BCUT2D eigenvalue weighted by atomic mass is 19.1. The predicted octanol–water partition coefficient (Wildman–Crippen LogP) is 3.00. The number of nitrogens with zero attached hydrogens (tertiary/aromatic N) is 1. The predicted molar refractivity (Wildman–Crippen MR) is 69.3 cm³/mol. The lowest BCUT2D eigenvalue weighted by atomic mass is 10.1. The topological polar surface area (TPSA) is 69.4 Å². The summed E-state index contributed by atoms with van der Waals surface area (Å²) in [7, 11) is 0. The smallest absolute Gasteiger partial charge is 0.270 e. The highest BCUT2D eigenvalue weighted by Crippen LogP contribution is 2.15. The number of ketones is 1. The molecule has 2 rings (SSSR count). The molecule has 0 fully saturated rings. The maximum atomic E-state index is 12.7. The number of carbonyl (C=O) groups is 1. The molecule has 5 nitrogen and oxygen atoms in total. The molecule has 102 valence electrons. The van der Waals surface area contributed by atoms with Crippen LogP contribution in [0.1, 0.15) is 10.4 Å². The van der Waals surface area contributed by atoms with E-state index in [0.717, 1.165) is 0 Å². The second kappa shape index (κ2) is 5.92. The van der Waals surface area contributed by atoms with E-state index >= 15 is 0 Å². The van der Waals surface area contributed by atoms with Gasteiger partial charge in [-0.2, -0.15) is 0 Å². The average Bonchev–Trinajstić information content (AvgIpc) is 2.46. The lowest BCUT2D eigenvalue weighted by Gasteiger charge is -2.05. The number of nitro benzene ring substituents is 1. The maximum absolute atomic E-state index is 12.7. The molecule has 0 aliphatic heterocycles. The highest BCUT2D eigenvalue weighted by Gasteiger charge is 2.12. The maximum Gasteiger partial charge on any atom is 0.270 e. The van der Waals surface area contributed by atoms with Crippen molar-refractivity contribution in [3.63, 3.8) is 0 Å². The van der Waals surface area contributed by atoms with Gasteiger partial charge in [0, 0.05) is 17.7 Å². The zero-order chi connectivity index (χ0) is 14.5. The fourth-order valence-electron chi connectivity index (χ4n) is 1.56. The molecule has 0 N–H and O–H groups in total. The number of non-ortho nitro benzene ring substituents is 1. The van der Waals surface area contributed by atoms with Crippen LogP contribution in [0.3, 0.4) is 0 Å². The molecule has 0 atom stereocenters. The van der Waals surface area contributed by atoms with Crippen LogP contribution in [0.25, 0.3) is 0 Å². The minimum atomic E-state index is -0.572. The molecule has 0 aromatic heterocycles. The van der Waals surface area contributed by atoms with Crippen molar-refractivity contribution in [1.29, 1.82) is 0 Å². The Morgan fingerprint density at radius 1 is 1.20 bits per heavy atom. The summed E-state index contributed by atoms with van der Waals surface area (Å²) in [6.07, 6.45) is 0. The van der Waals surface area contributed by atoms with Gasteiger partial charge in [0.1, 0.15) is 11.6 Å². The Morgan fingerprint density at radius 3 is 2.55 bits per heavy atom. The summed E-state index contributed by atoms with van der Waals surface area (Å²) in [5.41, 5.74) is 0.0407. The first kappa shape index (κ1) is 13.7. The lowest BCUT2D eigenvalue weighted by molar-refractivity contribution is -0.384. The molecule has 0 amide bonds. The monoisotopic (exact) mass is 275 g/mol. The van der Waals surface area contributed by atoms with Gasteiger partial charge in [-0.1, -0.05) is 12.1 Å². The Labute approximate surface area is 113 Å². The molecule has 0 aliphatic rings. The highest BCUT2D eigenvalue weighted by molar-refractivity contribution is 5.97. The van der Waals surface area contributed by atoms with Crippen LogP contribution in [0, 0.1) is 15.9 Å². The van der Waals surface area contributed by atoms with Gasteiger partial charge >= 0.3 is 0 Å². The molecule has 0 radical (unpaired) electrons. The number of carbonyl (C=O) groups excluding carboxylic acids is 1. The molecule has 0 unspecified atom stereocenters. The first-order chi connectivity index (χ1) is 9.56. The van der Waals surface area contributed by atoms with E-state index in [9.17, 15) is 19.3 Å². The van der Waals surface area contributed by atoms with E-state index in [1.165, 1.54) is 48.5 Å². The van der Waals surface area contributed by atoms with Crippen LogP contribution < -0.4 is 4.74 Å². The van der Waals surface area contributed by atoms with Gasteiger partial charge in [-0.05, 0) is 24.3 Å². The molecule has 2 aromatic rings. The van der Waals surface area contributed by atoms with Gasteiger partial charge in [-0.25, -0.2) is 4.39 Å². The quantitative estimate of drug-likeness (QED) is 0.478. The van der Waals surface area contributed by atoms with Crippen molar-refractivity contribution in [3.8, 4) is 5.75 Å². The molecule has 0 heterocycles. The van der Waals surface area contributed by atoms with Gasteiger partial charge in [0.25, 0.3) is 5.69 Å². The fraction of sp³-hybridized carbons (Fsp3) is 0.0714. The largest absolute Gasteiger partial charge is 0.485 e. The number of hydrogen-bond acceptors (Lipinski definition) is 4. The molecule has 20 heavy (non-hydrogen) atoms. The standard InChI is InChI=1S/C14H10FNO4/c15-11-4-6-13(7-5-11)20-9-14(17)10-2-1-3-12(8-10)16(18)19/h1-8H,9H2. The molecule has 0 aliphatic carbocycles. The Bertz CT molecular complexity index is 640. The zero-order valence-corrected chi connectivity index (χ0v) is 10.3. The van der Waals surface area contributed by atoms with E-state index < -0.39 is 16.5 Å². The van der Waals surface area contributed by atoms with Gasteiger partial charge in [-0.3, -0.25) is 14.9 Å². The van der Waals surface area contributed by atoms with Crippen molar-refractivity contribution >= 4 is 11.5 Å². The molecule has 0 saturated carbocycles. The third-order valence-electron chi connectivity index (χ3n) is 2.56. The van der Waals surface area contributed by atoms with E-state index in [0.29, 0.717) is 5.75 Å². The van der Waals surface area contributed by atoms with E-state index in [4.69, 9.17) is 4.74 Å². The van der Waals surface area contributed by atoms with E-state index in [1.807, 2.05) is 0 Å². The Balaban J connectivity index is 2.03. The third kappa shape index (κ3) is 3.38. The molecular weight excluding hydrogens is 265 g/mol. The van der Waals surface area contributed by atoms with Crippen LogP contribution >= 0.6 is 0 Å². The summed E-state index contributed by atoms with van der Waals surface area (Å²) in [6.45, 7) is -0.271. The molecule has 6 heteroatoms. The normalized spacial score (nSPS) is 10.1. The molecule has 0 bridgehead atoms. The Hall–Kier alpha value is -2.76. The molecule has 2 aromatic carbocycles. The van der Waals surface area contributed by atoms with Crippen LogP contribution in [0.2, 0.25) is 0 Å². The van der Waals surface area contributed by atoms with Gasteiger partial charge in [-0.15, -0.1) is 0 Å². The molecule has 0 spiro atoms. The molecule has 0 saturated heterocycles. The number of hydrogen-bond donors (Lipinski definition) is 0. The van der Waals surface area contributed by atoms with E-state index in [2.05, 4.69) is 0 Å². The van der Waals surface area contributed by atoms with Crippen molar-refractivity contribution in [1.82, 2.24) is 0 Å². The lowest BCUT2D eigenvalue weighted by Crippen LogP contribution is -2.11. The van der Waals surface area contributed by atoms with E-state index in [1.54, 1.807) is 0 Å². The summed E-state index contributed by atoms with van der Waals surface area (Å²) in [5, 5.41) is 10.6. The van der Waals surface area contributed by atoms with Crippen LogP contribution in [0.15, 0.2) is 48.5 Å². The summed E-state index contributed by atoms with van der Waals surface area (Å²) in [5.74, 6) is -0.439. The zero-order valence-electron chi connectivity index (χ0n) is 10.3. The number of ether oxygens (including phenoxy) is 1. The van der Waals surface area contributed by atoms with Crippen molar-refractivity contribution in [3.05, 3.63) is 70.0 Å². The SMILES string of the molecule is O=C(COc1ccc(F)cc1)c1cccc([N+](=O)[O-])c1. The summed E-state index contributed by atoms with van der Waals surface area (Å²) >= 11 is 0. The number of benzene rings is 2. The Morgan fingerprint density at radius 2 is 1.90 bits per heavy atom. The first-order valence-electron chi connectivity index (χ1n) is 5.72. The first-order valence-corrected chi connectivity index (χ1v) is 5.72. The number of Topliss-reactive ketones (excluding diaryl/α,β-unsaturated/α-hetero) is 1. The molecular formula is C14H10FNO4. The van der Waals surface area contributed by atoms with Crippen LogP contribution in [0.4, 0.5) is 10.1 Å². The minimum Gasteiger partial charge on any atom is -0.485 e. The number of nitro groups is 1. The average molecular weight is 275 g/mol. The second-order valence-corrected chi connectivity index (χ2v) is 3.97.